The van der Waals surface area contributed by atoms with Gasteiger partial charge in [0.1, 0.15) is 22.4 Å². The fourth-order valence-electron chi connectivity index (χ4n) is 5.37. The van der Waals surface area contributed by atoms with Crippen molar-refractivity contribution in [1.29, 1.82) is 0 Å². The minimum absolute atomic E-state index is 0.0926. The Kier molecular flexibility index (Phi) is 9.75. The highest BCUT2D eigenvalue weighted by atomic mass is 32.1. The summed E-state index contributed by atoms with van der Waals surface area (Å²) >= 11 is 1.52. The van der Waals surface area contributed by atoms with Crippen LogP contribution in [0.15, 0.2) is 70.8 Å². The van der Waals surface area contributed by atoms with Crippen molar-refractivity contribution >= 4 is 35.2 Å². The molecule has 246 valence electrons. The van der Waals surface area contributed by atoms with Crippen LogP contribution in [0, 0.1) is 6.92 Å². The number of nitrogens with zero attached hydrogens (tertiary/aromatic N) is 3. The van der Waals surface area contributed by atoms with E-state index in [-0.39, 0.29) is 35.4 Å². The number of hydrazine groups is 1. The van der Waals surface area contributed by atoms with E-state index in [1.807, 2.05) is 42.6 Å². The highest BCUT2D eigenvalue weighted by Crippen LogP contribution is 2.35. The van der Waals surface area contributed by atoms with E-state index in [1.165, 1.54) is 35.9 Å². The zero-order chi connectivity index (χ0) is 33.8. The van der Waals surface area contributed by atoms with Gasteiger partial charge in [0.15, 0.2) is 0 Å². The van der Waals surface area contributed by atoms with E-state index in [1.54, 1.807) is 38.7 Å². The molecule has 3 heterocycles. The van der Waals surface area contributed by atoms with Crippen LogP contribution in [0.2, 0.25) is 0 Å². The molecule has 13 heteroatoms. The van der Waals surface area contributed by atoms with Gasteiger partial charge in [-0.1, -0.05) is 30.3 Å². The lowest BCUT2D eigenvalue weighted by Crippen LogP contribution is -2.61. The van der Waals surface area contributed by atoms with Crippen molar-refractivity contribution in [3.8, 4) is 11.5 Å². The van der Waals surface area contributed by atoms with E-state index in [9.17, 15) is 19.2 Å². The third kappa shape index (κ3) is 8.22. The standard InChI is InChI=1S/C34H38N6O6S/c1-21-20-47-29(36-21)26-12-9-14-40(26)30(42)25-17-23(16-24(18-25)28-35-13-15-45-28)27(41)38-39-31(43)34(5,19-22-10-7-6-8-11-22)37-32(44)46-33(2,3)4/h6-8,10-11,13,15-18,20,26H,9,12,14,19H2,1-5H3,(H,37,44)(H,38,41)(H,39,43)/t26-,34-/m1/s1. The Bertz CT molecular complexity index is 1750. The lowest BCUT2D eigenvalue weighted by molar-refractivity contribution is -0.127. The maximum atomic E-state index is 13.9. The Labute approximate surface area is 276 Å². The summed E-state index contributed by atoms with van der Waals surface area (Å²) < 4.78 is 10.9. The SMILES string of the molecule is Cc1csc([C@H]2CCCN2C(=O)c2cc(C(=O)NNC(=O)[C@@](C)(Cc3ccccc3)NC(=O)OC(C)(C)C)cc(-c3ncco3)c2)n1. The molecule has 47 heavy (non-hydrogen) atoms. The monoisotopic (exact) mass is 658 g/mol. The van der Waals surface area contributed by atoms with Crippen LogP contribution in [0.25, 0.3) is 11.5 Å². The Morgan fingerprint density at radius 2 is 1.79 bits per heavy atom. The summed E-state index contributed by atoms with van der Waals surface area (Å²) in [4.78, 5) is 64.4. The number of aromatic nitrogens is 2. The average molecular weight is 659 g/mol. The molecule has 4 aromatic rings. The van der Waals surface area contributed by atoms with E-state index < -0.39 is 29.0 Å². The Morgan fingerprint density at radius 1 is 1.04 bits per heavy atom. The predicted octanol–water partition coefficient (Wildman–Crippen LogP) is 5.37. The summed E-state index contributed by atoms with van der Waals surface area (Å²) in [6.07, 6.45) is 3.81. The second-order valence-corrected chi connectivity index (χ2v) is 13.5. The largest absolute Gasteiger partial charge is 0.445 e. The lowest BCUT2D eigenvalue weighted by atomic mass is 9.92. The number of carbonyl (C=O) groups excluding carboxylic acids is 4. The molecule has 1 aliphatic rings. The molecular weight excluding hydrogens is 620 g/mol. The summed E-state index contributed by atoms with van der Waals surface area (Å²) in [5.41, 5.74) is 5.05. The van der Waals surface area contributed by atoms with Crippen LogP contribution in [-0.4, -0.2) is 56.4 Å². The quantitative estimate of drug-likeness (QED) is 0.214. The molecule has 2 aromatic heterocycles. The second-order valence-electron chi connectivity index (χ2n) is 12.6. The van der Waals surface area contributed by atoms with Gasteiger partial charge in [-0.25, -0.2) is 14.8 Å². The fourth-order valence-corrected chi connectivity index (χ4v) is 6.31. The second kappa shape index (κ2) is 13.8. The number of nitrogens with one attached hydrogen (secondary N) is 3. The number of amides is 4. The zero-order valence-corrected chi connectivity index (χ0v) is 27.8. The first kappa shape index (κ1) is 33.3. The minimum atomic E-state index is -1.50. The Balaban J connectivity index is 1.37. The highest BCUT2D eigenvalue weighted by molar-refractivity contribution is 7.09. The number of oxazole rings is 1. The number of carbonyl (C=O) groups is 4. The molecule has 2 atom stereocenters. The zero-order valence-electron chi connectivity index (χ0n) is 27.0. The first-order valence-corrected chi connectivity index (χ1v) is 16.1. The van der Waals surface area contributed by atoms with Crippen LogP contribution < -0.4 is 16.2 Å². The molecule has 0 spiro atoms. The normalized spacial score (nSPS) is 15.9. The number of hydrogen-bond acceptors (Lipinski definition) is 9. The minimum Gasteiger partial charge on any atom is -0.445 e. The Hall–Kier alpha value is -5.04. The summed E-state index contributed by atoms with van der Waals surface area (Å²) in [5.74, 6) is -1.40. The van der Waals surface area contributed by atoms with Crippen molar-refractivity contribution in [3.63, 3.8) is 0 Å². The van der Waals surface area contributed by atoms with Crippen LogP contribution in [0.1, 0.15) is 83.6 Å². The van der Waals surface area contributed by atoms with Crippen LogP contribution in [0.4, 0.5) is 4.79 Å². The third-order valence-corrected chi connectivity index (χ3v) is 8.59. The molecule has 0 unspecified atom stereocenters. The van der Waals surface area contributed by atoms with Gasteiger partial charge < -0.3 is 19.4 Å². The first-order valence-electron chi connectivity index (χ1n) is 15.3. The predicted molar refractivity (Wildman–Crippen MR) is 175 cm³/mol. The number of alkyl carbamates (subject to hydrolysis) is 1. The Morgan fingerprint density at radius 3 is 2.45 bits per heavy atom. The number of ether oxygens (including phenoxy) is 1. The topological polar surface area (TPSA) is 156 Å². The van der Waals surface area contributed by atoms with Crippen LogP contribution in [-0.2, 0) is 16.0 Å². The number of rotatable bonds is 8. The molecule has 0 bridgehead atoms. The van der Waals surface area contributed by atoms with Gasteiger partial charge in [0.05, 0.1) is 12.2 Å². The number of likely N-dealkylation sites (tertiary alicyclic amines) is 1. The molecular formula is C34H38N6O6S. The van der Waals surface area contributed by atoms with Crippen molar-refractivity contribution in [2.75, 3.05) is 6.54 Å². The van der Waals surface area contributed by atoms with Gasteiger partial charge in [0, 0.05) is 40.7 Å². The summed E-state index contributed by atoms with van der Waals surface area (Å²) in [6, 6.07) is 13.6. The van der Waals surface area contributed by atoms with Crippen molar-refractivity contribution < 1.29 is 28.3 Å². The van der Waals surface area contributed by atoms with Crippen molar-refractivity contribution in [2.24, 2.45) is 0 Å². The molecule has 3 N–H and O–H groups in total. The van der Waals surface area contributed by atoms with Gasteiger partial charge in [-0.3, -0.25) is 25.2 Å². The molecule has 0 aliphatic carbocycles. The van der Waals surface area contributed by atoms with E-state index >= 15 is 0 Å². The maximum Gasteiger partial charge on any atom is 0.408 e. The fraction of sp³-hybridized carbons (Fsp3) is 0.353. The van der Waals surface area contributed by atoms with E-state index in [0.29, 0.717) is 12.1 Å². The van der Waals surface area contributed by atoms with Crippen molar-refractivity contribution in [3.05, 3.63) is 93.8 Å². The molecule has 0 saturated carbocycles. The molecule has 12 nitrogen and oxygen atoms in total. The maximum absolute atomic E-state index is 13.9. The molecule has 1 saturated heterocycles. The first-order chi connectivity index (χ1) is 22.3. The number of hydrogen-bond donors (Lipinski definition) is 3. The number of thiazole rings is 1. The summed E-state index contributed by atoms with van der Waals surface area (Å²) in [6.45, 7) is 9.17. The van der Waals surface area contributed by atoms with Gasteiger partial charge in [-0.15, -0.1) is 11.3 Å². The van der Waals surface area contributed by atoms with Crippen molar-refractivity contribution in [2.45, 2.75) is 71.1 Å². The van der Waals surface area contributed by atoms with Gasteiger partial charge in [0.25, 0.3) is 17.7 Å². The van der Waals surface area contributed by atoms with Crippen LogP contribution >= 0.6 is 11.3 Å². The third-order valence-electron chi connectivity index (χ3n) is 7.52. The average Bonchev–Trinajstić information content (AvgIpc) is 3.81. The molecule has 2 aromatic carbocycles. The van der Waals surface area contributed by atoms with Crippen LogP contribution in [0.5, 0.6) is 0 Å². The van der Waals surface area contributed by atoms with Gasteiger partial charge in [0.2, 0.25) is 5.89 Å². The molecule has 0 radical (unpaired) electrons. The van der Waals surface area contributed by atoms with E-state index in [0.717, 1.165) is 29.1 Å². The lowest BCUT2D eigenvalue weighted by Gasteiger charge is -2.31. The van der Waals surface area contributed by atoms with Gasteiger partial charge in [-0.05, 0) is 71.2 Å². The number of aryl methyl sites for hydroxylation is 1. The molecule has 5 rings (SSSR count). The molecule has 1 aliphatic heterocycles. The number of benzene rings is 2. The summed E-state index contributed by atoms with van der Waals surface area (Å²) in [7, 11) is 0. The van der Waals surface area contributed by atoms with Gasteiger partial charge in [-0.2, -0.15) is 0 Å². The molecule has 1 fully saturated rings. The van der Waals surface area contributed by atoms with Gasteiger partial charge >= 0.3 is 6.09 Å². The highest BCUT2D eigenvalue weighted by Gasteiger charge is 2.37. The molecule has 4 amide bonds. The van der Waals surface area contributed by atoms with Crippen LogP contribution in [0.3, 0.4) is 0 Å². The van der Waals surface area contributed by atoms with E-state index in [4.69, 9.17) is 9.15 Å². The van der Waals surface area contributed by atoms with E-state index in [2.05, 4.69) is 26.1 Å². The summed E-state index contributed by atoms with van der Waals surface area (Å²) in [5, 5.41) is 5.50. The smallest absolute Gasteiger partial charge is 0.408 e. The van der Waals surface area contributed by atoms with Crippen molar-refractivity contribution in [1.82, 2.24) is 31.0 Å².